The maximum atomic E-state index is 5.59. The van der Waals surface area contributed by atoms with Gasteiger partial charge in [-0.15, -0.1) is 0 Å². The number of morpholine rings is 1. The molecule has 3 aromatic rings. The number of nitrogens with zero attached hydrogens (tertiary/aromatic N) is 3. The zero-order chi connectivity index (χ0) is 18.6. The van der Waals surface area contributed by atoms with Crippen molar-refractivity contribution >= 4 is 39.1 Å². The third-order valence-electron chi connectivity index (χ3n) is 4.92. The van der Waals surface area contributed by atoms with E-state index in [0.29, 0.717) is 0 Å². The van der Waals surface area contributed by atoms with Crippen LogP contribution in [0.5, 0.6) is 0 Å². The minimum Gasteiger partial charge on any atom is -0.379 e. The summed E-state index contributed by atoms with van der Waals surface area (Å²) >= 11 is 4.93. The molecular formula is C20H23N5OS. The Balaban J connectivity index is 1.86. The molecule has 1 fully saturated rings. The minimum atomic E-state index is 0.159. The Morgan fingerprint density at radius 1 is 1.00 bits per heavy atom. The smallest absolute Gasteiger partial charge is 0.184 e. The number of hydrogen-bond acceptors (Lipinski definition) is 4. The highest BCUT2D eigenvalue weighted by atomic mass is 32.1. The number of pyridine rings is 1. The highest BCUT2D eigenvalue weighted by Crippen LogP contribution is 2.19. The van der Waals surface area contributed by atoms with Gasteiger partial charge < -0.3 is 15.0 Å². The first-order valence-electron chi connectivity index (χ1n) is 9.13. The Bertz CT molecular complexity index is 979. The number of nitrogens with one attached hydrogen (secondary N) is 1. The molecule has 2 aromatic carbocycles. The van der Waals surface area contributed by atoms with Crippen LogP contribution in [0.25, 0.3) is 21.8 Å². The summed E-state index contributed by atoms with van der Waals surface area (Å²) < 4.78 is 7.84. The summed E-state index contributed by atoms with van der Waals surface area (Å²) in [6.07, 6.45) is 0. The average molecular weight is 382 g/mol. The Hall–Kier alpha value is -2.48. The van der Waals surface area contributed by atoms with Crippen LogP contribution < -0.4 is 16.5 Å². The average Bonchev–Trinajstić information content (AvgIpc) is 2.71. The van der Waals surface area contributed by atoms with Gasteiger partial charge in [0.2, 0.25) is 0 Å². The van der Waals surface area contributed by atoms with Gasteiger partial charge in [-0.05, 0) is 24.4 Å². The third kappa shape index (κ3) is 3.80. The zero-order valence-electron chi connectivity index (χ0n) is 15.1. The van der Waals surface area contributed by atoms with Gasteiger partial charge in [0.1, 0.15) is 5.36 Å². The Labute approximate surface area is 163 Å². The lowest BCUT2D eigenvalue weighted by Gasteiger charge is -2.27. The molecular weight excluding hydrogens is 358 g/mol. The van der Waals surface area contributed by atoms with Crippen LogP contribution in [0.4, 0.5) is 0 Å². The normalized spacial score (nSPS) is 15.1. The Kier molecular flexibility index (Phi) is 5.33. The van der Waals surface area contributed by atoms with Gasteiger partial charge in [0.25, 0.3) is 0 Å². The first kappa shape index (κ1) is 17.9. The number of benzene rings is 2. The Morgan fingerprint density at radius 3 is 2.19 bits per heavy atom. The van der Waals surface area contributed by atoms with E-state index < -0.39 is 0 Å². The quantitative estimate of drug-likeness (QED) is 0.410. The molecule has 4 rings (SSSR count). The van der Waals surface area contributed by atoms with E-state index >= 15 is 0 Å². The number of nitrogens with two attached hydrogens (primary N) is 1. The predicted octanol–water partition coefficient (Wildman–Crippen LogP) is 1.78. The van der Waals surface area contributed by atoms with E-state index in [2.05, 4.69) is 56.4 Å². The van der Waals surface area contributed by atoms with E-state index in [9.17, 15) is 0 Å². The second-order valence-electron chi connectivity index (χ2n) is 6.58. The fourth-order valence-corrected chi connectivity index (χ4v) is 3.68. The van der Waals surface area contributed by atoms with Crippen molar-refractivity contribution in [3.05, 3.63) is 53.9 Å². The lowest BCUT2D eigenvalue weighted by molar-refractivity contribution is 0.0366. The molecule has 0 amide bonds. The number of para-hydroxylation sites is 2. The zero-order valence-corrected chi connectivity index (χ0v) is 15.9. The fourth-order valence-electron chi connectivity index (χ4n) is 3.63. The Morgan fingerprint density at radius 2 is 1.59 bits per heavy atom. The van der Waals surface area contributed by atoms with E-state index in [-0.39, 0.29) is 5.11 Å². The lowest BCUT2D eigenvalue weighted by Crippen LogP contribution is -2.38. The van der Waals surface area contributed by atoms with Crippen molar-refractivity contribution in [2.24, 2.45) is 10.8 Å². The van der Waals surface area contributed by atoms with Crippen LogP contribution >= 0.6 is 12.2 Å². The molecule has 1 aromatic heterocycles. The van der Waals surface area contributed by atoms with Gasteiger partial charge in [-0.3, -0.25) is 10.3 Å². The van der Waals surface area contributed by atoms with Crippen molar-refractivity contribution in [1.29, 1.82) is 0 Å². The molecule has 1 saturated heterocycles. The van der Waals surface area contributed by atoms with Crippen LogP contribution in [0.2, 0.25) is 0 Å². The summed E-state index contributed by atoms with van der Waals surface area (Å²) in [5, 5.41) is 7.66. The second-order valence-corrected chi connectivity index (χ2v) is 7.02. The van der Waals surface area contributed by atoms with E-state index in [1.807, 2.05) is 12.1 Å². The maximum Gasteiger partial charge on any atom is 0.184 e. The highest BCUT2D eigenvalue weighted by Gasteiger charge is 2.13. The summed E-state index contributed by atoms with van der Waals surface area (Å²) in [6.45, 7) is 5.50. The van der Waals surface area contributed by atoms with Crippen molar-refractivity contribution in [1.82, 2.24) is 14.9 Å². The van der Waals surface area contributed by atoms with Gasteiger partial charge in [-0.1, -0.05) is 36.4 Å². The minimum absolute atomic E-state index is 0.159. The van der Waals surface area contributed by atoms with Crippen LogP contribution in [0.3, 0.4) is 0 Å². The number of fused-ring (bicyclic) bond motifs is 2. The second kappa shape index (κ2) is 8.04. The predicted molar refractivity (Wildman–Crippen MR) is 112 cm³/mol. The standard InChI is InChI=1S/C20H23N5OS/c21-20(27)23-22-19-15-5-1-3-7-17(15)25(18-8-4-2-6-16(18)19)10-9-24-11-13-26-14-12-24/h1-8H,9-14H2,(H3,21,23,27). The molecule has 0 saturated carbocycles. The first-order chi connectivity index (χ1) is 13.2. The molecule has 3 N–H and O–H groups in total. The highest BCUT2D eigenvalue weighted by molar-refractivity contribution is 7.80. The number of hydrogen-bond donors (Lipinski definition) is 2. The molecule has 1 aliphatic rings. The van der Waals surface area contributed by atoms with E-state index in [1.54, 1.807) is 0 Å². The number of aromatic nitrogens is 1. The van der Waals surface area contributed by atoms with Gasteiger partial charge >= 0.3 is 0 Å². The molecule has 6 nitrogen and oxygen atoms in total. The molecule has 1 aliphatic heterocycles. The summed E-state index contributed by atoms with van der Waals surface area (Å²) in [4.78, 5) is 2.45. The molecule has 140 valence electrons. The van der Waals surface area contributed by atoms with Crippen LogP contribution in [0.1, 0.15) is 0 Å². The van der Waals surface area contributed by atoms with Gasteiger partial charge in [0.15, 0.2) is 5.11 Å². The molecule has 0 atom stereocenters. The molecule has 2 heterocycles. The molecule has 7 heteroatoms. The van der Waals surface area contributed by atoms with Crippen molar-refractivity contribution < 1.29 is 4.74 Å². The maximum absolute atomic E-state index is 5.59. The monoisotopic (exact) mass is 381 g/mol. The van der Waals surface area contributed by atoms with Crippen LogP contribution in [-0.2, 0) is 11.3 Å². The summed E-state index contributed by atoms with van der Waals surface area (Å²) in [7, 11) is 0. The van der Waals surface area contributed by atoms with Crippen LogP contribution in [0, 0.1) is 0 Å². The van der Waals surface area contributed by atoms with Gasteiger partial charge in [-0.25, -0.2) is 0 Å². The summed E-state index contributed by atoms with van der Waals surface area (Å²) in [5.41, 5.74) is 10.6. The van der Waals surface area contributed by atoms with E-state index in [4.69, 9.17) is 22.7 Å². The summed E-state index contributed by atoms with van der Waals surface area (Å²) in [5.74, 6) is 0. The molecule has 0 radical (unpaired) electrons. The SMILES string of the molecule is NC(=S)NN=c1c2ccccc2n(CCN2CCOCC2)c2ccccc12. The molecule has 0 bridgehead atoms. The number of thiocarbonyl (C=S) groups is 1. The van der Waals surface area contributed by atoms with Crippen molar-refractivity contribution in [2.75, 3.05) is 32.8 Å². The van der Waals surface area contributed by atoms with Crippen LogP contribution in [0.15, 0.2) is 53.6 Å². The largest absolute Gasteiger partial charge is 0.379 e. The summed E-state index contributed by atoms with van der Waals surface area (Å²) in [6, 6.07) is 16.6. The molecule has 27 heavy (non-hydrogen) atoms. The number of ether oxygens (including phenoxy) is 1. The fraction of sp³-hybridized carbons (Fsp3) is 0.300. The van der Waals surface area contributed by atoms with Gasteiger partial charge in [0.05, 0.1) is 24.2 Å². The molecule has 0 spiro atoms. The van der Waals surface area contributed by atoms with Gasteiger partial charge in [-0.2, -0.15) is 5.10 Å². The van der Waals surface area contributed by atoms with Crippen LogP contribution in [-0.4, -0.2) is 47.4 Å². The third-order valence-corrected chi connectivity index (χ3v) is 5.01. The lowest BCUT2D eigenvalue weighted by atomic mass is 10.1. The van der Waals surface area contributed by atoms with Crippen molar-refractivity contribution in [3.8, 4) is 0 Å². The van der Waals surface area contributed by atoms with E-state index in [1.165, 1.54) is 0 Å². The van der Waals surface area contributed by atoms with Crippen molar-refractivity contribution in [3.63, 3.8) is 0 Å². The van der Waals surface area contributed by atoms with Crippen molar-refractivity contribution in [2.45, 2.75) is 6.54 Å². The first-order valence-corrected chi connectivity index (χ1v) is 9.54. The molecule has 0 aliphatic carbocycles. The topological polar surface area (TPSA) is 67.8 Å². The number of rotatable bonds is 4. The van der Waals surface area contributed by atoms with E-state index in [0.717, 1.165) is 66.6 Å². The molecule has 0 unspecified atom stereocenters. The van der Waals surface area contributed by atoms with Gasteiger partial charge in [0, 0.05) is 37.0 Å².